The second-order valence-electron chi connectivity index (χ2n) is 9.86. The minimum absolute atomic E-state index is 0.114. The van der Waals surface area contributed by atoms with Gasteiger partial charge in [0.05, 0.1) is 22.1 Å². The maximum atomic E-state index is 12.4. The molecular weight excluding hydrogens is 557 g/mol. The molecule has 10 heteroatoms. The SMILES string of the molecule is COc1ccc(S(=O)(=O)NCCCC2CCN(CCCCCNC(=O)/C=C/c3ccc(Cl)c(Cl)c3)CC2)cc1. The molecule has 2 aromatic rings. The van der Waals surface area contributed by atoms with Crippen molar-refractivity contribution in [3.05, 3.63) is 64.1 Å². The smallest absolute Gasteiger partial charge is 0.243 e. The number of halogens is 2. The summed E-state index contributed by atoms with van der Waals surface area (Å²) in [4.78, 5) is 14.8. The number of amides is 1. The van der Waals surface area contributed by atoms with Crippen LogP contribution in [0.4, 0.5) is 0 Å². The lowest BCUT2D eigenvalue weighted by Gasteiger charge is -2.32. The van der Waals surface area contributed by atoms with Gasteiger partial charge < -0.3 is 15.0 Å². The number of nitrogens with zero attached hydrogens (tertiary/aromatic N) is 1. The quantitative estimate of drug-likeness (QED) is 0.201. The summed E-state index contributed by atoms with van der Waals surface area (Å²) in [6.45, 7) is 4.39. The fourth-order valence-electron chi connectivity index (χ4n) is 4.63. The van der Waals surface area contributed by atoms with E-state index >= 15 is 0 Å². The maximum absolute atomic E-state index is 12.4. The first kappa shape index (κ1) is 31.4. The third-order valence-electron chi connectivity index (χ3n) is 6.98. The number of carbonyl (C=O) groups excluding carboxylic acids is 1. The summed E-state index contributed by atoms with van der Waals surface area (Å²) in [7, 11) is -1.93. The van der Waals surface area contributed by atoms with Crippen molar-refractivity contribution in [3.8, 4) is 5.75 Å². The molecular formula is C29H39Cl2N3O4S. The van der Waals surface area contributed by atoms with Gasteiger partial charge in [0.2, 0.25) is 15.9 Å². The highest BCUT2D eigenvalue weighted by atomic mass is 35.5. The van der Waals surface area contributed by atoms with Crippen molar-refractivity contribution in [3.63, 3.8) is 0 Å². The van der Waals surface area contributed by atoms with Crippen LogP contribution in [-0.4, -0.2) is 59.1 Å². The summed E-state index contributed by atoms with van der Waals surface area (Å²) in [5, 5.41) is 3.88. The molecule has 214 valence electrons. The number of carbonyl (C=O) groups is 1. The van der Waals surface area contributed by atoms with Crippen LogP contribution in [0.15, 0.2) is 53.4 Å². The zero-order chi connectivity index (χ0) is 28.1. The van der Waals surface area contributed by atoms with E-state index in [9.17, 15) is 13.2 Å². The molecule has 1 aliphatic rings. The second kappa shape index (κ2) is 16.2. The zero-order valence-electron chi connectivity index (χ0n) is 22.5. The number of unbranched alkanes of at least 4 members (excludes halogenated alkanes) is 2. The van der Waals surface area contributed by atoms with Gasteiger partial charge in [-0.2, -0.15) is 0 Å². The Balaban J connectivity index is 1.20. The molecule has 2 aromatic carbocycles. The summed E-state index contributed by atoms with van der Waals surface area (Å²) in [5.41, 5.74) is 0.831. The maximum Gasteiger partial charge on any atom is 0.243 e. The van der Waals surface area contributed by atoms with E-state index in [0.29, 0.717) is 34.8 Å². The number of hydrogen-bond donors (Lipinski definition) is 2. The number of ether oxygens (including phenoxy) is 1. The van der Waals surface area contributed by atoms with Gasteiger partial charge in [0, 0.05) is 19.2 Å². The first-order valence-electron chi connectivity index (χ1n) is 13.5. The van der Waals surface area contributed by atoms with Gasteiger partial charge in [-0.1, -0.05) is 35.7 Å². The van der Waals surface area contributed by atoms with Crippen molar-refractivity contribution in [1.82, 2.24) is 14.9 Å². The highest BCUT2D eigenvalue weighted by Gasteiger charge is 2.19. The molecule has 1 heterocycles. The van der Waals surface area contributed by atoms with Gasteiger partial charge in [-0.05, 0) is 112 Å². The number of likely N-dealkylation sites (tertiary alicyclic amines) is 1. The Bertz CT molecular complexity index is 1180. The van der Waals surface area contributed by atoms with Crippen molar-refractivity contribution in [2.24, 2.45) is 5.92 Å². The molecule has 0 aromatic heterocycles. The van der Waals surface area contributed by atoms with Crippen LogP contribution in [0.25, 0.3) is 6.08 Å². The van der Waals surface area contributed by atoms with Crippen molar-refractivity contribution >= 4 is 45.2 Å². The van der Waals surface area contributed by atoms with Crippen LogP contribution in [0.3, 0.4) is 0 Å². The van der Waals surface area contributed by atoms with Crippen molar-refractivity contribution < 1.29 is 17.9 Å². The number of benzene rings is 2. The normalized spacial score (nSPS) is 15.1. The second-order valence-corrected chi connectivity index (χ2v) is 12.4. The summed E-state index contributed by atoms with van der Waals surface area (Å²) < 4.78 is 32.7. The first-order valence-corrected chi connectivity index (χ1v) is 15.8. The van der Waals surface area contributed by atoms with Crippen LogP contribution in [-0.2, 0) is 14.8 Å². The molecule has 0 spiro atoms. The molecule has 39 heavy (non-hydrogen) atoms. The fraction of sp³-hybridized carbons (Fsp3) is 0.483. The van der Waals surface area contributed by atoms with E-state index in [2.05, 4.69) is 14.9 Å². The first-order chi connectivity index (χ1) is 18.8. The molecule has 0 aliphatic carbocycles. The van der Waals surface area contributed by atoms with Gasteiger partial charge in [0.1, 0.15) is 5.75 Å². The highest BCUT2D eigenvalue weighted by Crippen LogP contribution is 2.24. The summed E-state index contributed by atoms with van der Waals surface area (Å²) in [6, 6.07) is 11.7. The number of hydrogen-bond acceptors (Lipinski definition) is 5. The summed E-state index contributed by atoms with van der Waals surface area (Å²) in [6.07, 6.45) is 10.6. The van der Waals surface area contributed by atoms with Gasteiger partial charge >= 0.3 is 0 Å². The minimum Gasteiger partial charge on any atom is -0.497 e. The Morgan fingerprint density at radius 2 is 1.74 bits per heavy atom. The van der Waals surface area contributed by atoms with Crippen LogP contribution in [0.5, 0.6) is 5.75 Å². The Hall–Kier alpha value is -2.10. The molecule has 0 saturated carbocycles. The zero-order valence-corrected chi connectivity index (χ0v) is 24.8. The molecule has 3 rings (SSSR count). The van der Waals surface area contributed by atoms with Crippen LogP contribution < -0.4 is 14.8 Å². The van der Waals surface area contributed by atoms with Gasteiger partial charge in [0.25, 0.3) is 0 Å². The number of methoxy groups -OCH3 is 1. The molecule has 1 aliphatic heterocycles. The van der Waals surface area contributed by atoms with Crippen LogP contribution >= 0.6 is 23.2 Å². The minimum atomic E-state index is -3.49. The Morgan fingerprint density at radius 3 is 2.44 bits per heavy atom. The Kier molecular flexibility index (Phi) is 13.1. The third kappa shape index (κ3) is 11.1. The molecule has 0 atom stereocenters. The van der Waals surface area contributed by atoms with E-state index < -0.39 is 10.0 Å². The lowest BCUT2D eigenvalue weighted by molar-refractivity contribution is -0.116. The molecule has 2 N–H and O–H groups in total. The van der Waals surface area contributed by atoms with Gasteiger partial charge in [-0.3, -0.25) is 4.79 Å². The van der Waals surface area contributed by atoms with Gasteiger partial charge in [-0.15, -0.1) is 0 Å². The largest absolute Gasteiger partial charge is 0.497 e. The summed E-state index contributed by atoms with van der Waals surface area (Å²) in [5.74, 6) is 1.17. The number of rotatable bonds is 15. The van der Waals surface area contributed by atoms with Gasteiger partial charge in [-0.25, -0.2) is 13.1 Å². The molecule has 0 radical (unpaired) electrons. The molecule has 0 bridgehead atoms. The van der Waals surface area contributed by atoms with Crippen molar-refractivity contribution in [2.75, 3.05) is 39.8 Å². The lowest BCUT2D eigenvalue weighted by atomic mass is 9.92. The molecule has 7 nitrogen and oxygen atoms in total. The third-order valence-corrected chi connectivity index (χ3v) is 9.20. The fourth-order valence-corrected chi connectivity index (χ4v) is 6.01. The molecule has 1 saturated heterocycles. The van der Waals surface area contributed by atoms with Gasteiger partial charge in [0.15, 0.2) is 0 Å². The number of sulfonamides is 1. The predicted octanol–water partition coefficient (Wildman–Crippen LogP) is 5.77. The average molecular weight is 597 g/mol. The Labute approximate surface area is 242 Å². The van der Waals surface area contributed by atoms with E-state index in [4.69, 9.17) is 27.9 Å². The molecule has 0 unspecified atom stereocenters. The molecule has 1 fully saturated rings. The average Bonchev–Trinajstić information content (AvgIpc) is 2.94. The predicted molar refractivity (Wildman–Crippen MR) is 159 cm³/mol. The van der Waals surface area contributed by atoms with E-state index in [-0.39, 0.29) is 10.8 Å². The van der Waals surface area contributed by atoms with E-state index in [1.807, 2.05) is 6.07 Å². The number of nitrogens with one attached hydrogen (secondary N) is 2. The Morgan fingerprint density at radius 1 is 1.00 bits per heavy atom. The summed E-state index contributed by atoms with van der Waals surface area (Å²) >= 11 is 11.9. The monoisotopic (exact) mass is 595 g/mol. The van der Waals surface area contributed by atoms with E-state index in [0.717, 1.165) is 70.1 Å². The van der Waals surface area contributed by atoms with Crippen LogP contribution in [0.1, 0.15) is 50.5 Å². The van der Waals surface area contributed by atoms with Crippen molar-refractivity contribution in [1.29, 1.82) is 0 Å². The topological polar surface area (TPSA) is 87.7 Å². The number of piperidine rings is 1. The lowest BCUT2D eigenvalue weighted by Crippen LogP contribution is -2.34. The van der Waals surface area contributed by atoms with E-state index in [1.165, 1.54) is 6.08 Å². The van der Waals surface area contributed by atoms with Crippen molar-refractivity contribution in [2.45, 2.75) is 49.8 Å². The molecule has 1 amide bonds. The standard InChI is InChI=1S/C29H39Cl2N3O4S/c1-38-25-9-11-26(12-10-25)39(36,37)33-18-5-6-23-15-20-34(21-16-23)19-4-2-3-17-32-29(35)14-8-24-7-13-27(30)28(31)22-24/h7-14,22-23,33H,2-6,15-21H2,1H3,(H,32,35)/b14-8+. The van der Waals surface area contributed by atoms with Crippen LogP contribution in [0, 0.1) is 5.92 Å². The van der Waals surface area contributed by atoms with Crippen LogP contribution in [0.2, 0.25) is 10.0 Å². The van der Waals surface area contributed by atoms with E-state index in [1.54, 1.807) is 49.6 Å². The highest BCUT2D eigenvalue weighted by molar-refractivity contribution is 7.89.